The van der Waals surface area contributed by atoms with Gasteiger partial charge in [0.05, 0.1) is 61.2 Å². The van der Waals surface area contributed by atoms with E-state index in [4.69, 9.17) is 41.7 Å². The van der Waals surface area contributed by atoms with Crippen molar-refractivity contribution >= 4 is 182 Å². The van der Waals surface area contributed by atoms with Gasteiger partial charge in [0.15, 0.2) is 69.0 Å². The first-order valence-corrected chi connectivity index (χ1v) is 47.3. The second-order valence-electron chi connectivity index (χ2n) is 36.5. The van der Waals surface area contributed by atoms with Gasteiger partial charge in [0.1, 0.15) is 50.6 Å². The van der Waals surface area contributed by atoms with E-state index < -0.39 is 0 Å². The lowest BCUT2D eigenvalue weighted by atomic mass is 10.0. The van der Waals surface area contributed by atoms with E-state index in [1.807, 2.05) is 121 Å². The summed E-state index contributed by atoms with van der Waals surface area (Å²) in [6.07, 6.45) is 0. The monoisotopic (exact) mass is 1810 g/mol. The summed E-state index contributed by atoms with van der Waals surface area (Å²) in [4.78, 5) is 6.96. The Morgan fingerprint density at radius 1 is 0.149 bits per heavy atom. The molecule has 0 fully saturated rings. The molecule has 12 heterocycles. The standard InChI is InChI=1S/3C42H24N2O3/c1-2-10-25(11-3-1)26-12-6-13-27(22-26)43(32-16-8-18-34-39(32)30-14-4-5-17-33(30)45-34)28-23-31-29-15-7-19-35-40(29)44-41(31)38(24-28)47-37-21-9-20-36(46-35)42(37)44;1-2-9-25(10-3-1)26-11-6-12-27(21-26)43(28-19-20-31-30-13-4-5-15-34(30)45-38(31)23-28)29-22-33-32-14-7-16-35-40(32)44-41(33)39(24-29)47-37-18-8-17-36(46-35)42(37)44;1-2-9-25(10-3-1)26-11-6-12-27(21-26)43(28-19-20-35-32(22-28)30-13-4-5-15-34(30)45-35)29-23-33-31-14-7-16-36-40(31)44-41(33)39(24-29)47-38-18-8-17-37(46-36)42(38)44/h3*1-24H. The van der Waals surface area contributed by atoms with Gasteiger partial charge in [0.25, 0.3) is 0 Å². The highest BCUT2D eigenvalue weighted by molar-refractivity contribution is 6.21. The van der Waals surface area contributed by atoms with Crippen LogP contribution in [0.4, 0.5) is 51.2 Å². The van der Waals surface area contributed by atoms with Crippen LogP contribution in [0.15, 0.2) is 450 Å². The number of rotatable bonds is 12. The zero-order valence-electron chi connectivity index (χ0n) is 74.9. The molecule has 0 unspecified atom stereocenters. The van der Waals surface area contributed by atoms with E-state index in [2.05, 4.69) is 344 Å². The van der Waals surface area contributed by atoms with Crippen LogP contribution in [0.3, 0.4) is 0 Å². The first-order chi connectivity index (χ1) is 69.9. The molecule has 6 aliphatic heterocycles. The lowest BCUT2D eigenvalue weighted by Gasteiger charge is -2.29. The van der Waals surface area contributed by atoms with Crippen LogP contribution < -0.4 is 43.1 Å². The van der Waals surface area contributed by atoms with Crippen molar-refractivity contribution < 1.29 is 41.7 Å². The van der Waals surface area contributed by atoms with Gasteiger partial charge >= 0.3 is 0 Å². The maximum atomic E-state index is 6.74. The van der Waals surface area contributed by atoms with Crippen molar-refractivity contribution in [2.24, 2.45) is 0 Å². The number of fused-ring (bicyclic) bond motifs is 12. The van der Waals surface area contributed by atoms with Crippen LogP contribution in [-0.2, 0) is 0 Å². The Morgan fingerprint density at radius 2 is 0.433 bits per heavy atom. The van der Waals surface area contributed by atoms with Crippen LogP contribution in [0.5, 0.6) is 69.0 Å². The van der Waals surface area contributed by atoms with Crippen molar-refractivity contribution in [2.75, 3.05) is 14.7 Å². The quantitative estimate of drug-likeness (QED) is 0.116. The summed E-state index contributed by atoms with van der Waals surface area (Å²) in [6.45, 7) is 0. The van der Waals surface area contributed by atoms with Crippen LogP contribution >= 0.6 is 0 Å². The van der Waals surface area contributed by atoms with Gasteiger partial charge in [-0.05, 0) is 203 Å². The van der Waals surface area contributed by atoms with Gasteiger partial charge in [-0.2, -0.15) is 0 Å². The van der Waals surface area contributed by atoms with Gasteiger partial charge in [0.2, 0.25) is 0 Å². The third-order valence-corrected chi connectivity index (χ3v) is 28.5. The fourth-order valence-electron chi connectivity index (χ4n) is 22.6. The van der Waals surface area contributed by atoms with Gasteiger partial charge in [-0.15, -0.1) is 0 Å². The number of hydrogen-bond acceptors (Lipinski definition) is 12. The largest absolute Gasteiger partial charge is 0.456 e. The highest BCUT2D eigenvalue weighted by Gasteiger charge is 2.39. The fraction of sp³-hybridized carbons (Fsp3) is 0. The molecule has 141 heavy (non-hydrogen) atoms. The highest BCUT2D eigenvalue weighted by Crippen LogP contribution is 2.61. The second-order valence-corrected chi connectivity index (χ2v) is 36.5. The van der Waals surface area contributed by atoms with E-state index >= 15 is 0 Å². The zero-order valence-corrected chi connectivity index (χ0v) is 74.9. The van der Waals surface area contributed by atoms with Crippen LogP contribution in [0.1, 0.15) is 0 Å². The smallest absolute Gasteiger partial charge is 0.155 e. The maximum absolute atomic E-state index is 6.74. The topological polar surface area (TPSA) is 119 Å². The van der Waals surface area contributed by atoms with Gasteiger partial charge < -0.3 is 56.4 Å². The molecule has 6 aromatic heterocycles. The third-order valence-electron chi connectivity index (χ3n) is 28.5. The number of furan rings is 3. The first kappa shape index (κ1) is 77.0. The molecule has 15 nitrogen and oxygen atoms in total. The molecule has 21 aromatic carbocycles. The highest BCUT2D eigenvalue weighted by atomic mass is 16.5. The summed E-state index contributed by atoms with van der Waals surface area (Å²) in [5, 5.41) is 13.2. The second kappa shape index (κ2) is 29.6. The minimum absolute atomic E-state index is 0.779. The Kier molecular flexibility index (Phi) is 16.1. The molecule has 0 radical (unpaired) electrons. The normalized spacial score (nSPS) is 12.6. The number of aromatic nitrogens is 3. The molecule has 33 rings (SSSR count). The van der Waals surface area contributed by atoms with Crippen molar-refractivity contribution in [3.63, 3.8) is 0 Å². The van der Waals surface area contributed by atoms with Crippen molar-refractivity contribution in [3.8, 4) is 119 Å². The summed E-state index contributed by atoms with van der Waals surface area (Å²) in [5.41, 5.74) is 30.4. The predicted molar refractivity (Wildman–Crippen MR) is 565 cm³/mol. The van der Waals surface area contributed by atoms with Crippen LogP contribution in [0.2, 0.25) is 0 Å². The van der Waals surface area contributed by atoms with Crippen LogP contribution in [-0.4, -0.2) is 13.7 Å². The van der Waals surface area contributed by atoms with E-state index in [-0.39, 0.29) is 0 Å². The third kappa shape index (κ3) is 11.5. The number of benzene rings is 21. The lowest BCUT2D eigenvalue weighted by Crippen LogP contribution is -2.12. The number of ether oxygens (including phenoxy) is 6. The van der Waals surface area contributed by atoms with E-state index in [0.717, 1.165) is 296 Å². The molecular formula is C126H72N6O9. The molecule has 0 saturated carbocycles. The van der Waals surface area contributed by atoms with Crippen LogP contribution in [0.25, 0.3) is 182 Å². The van der Waals surface area contributed by atoms with Crippen molar-refractivity contribution in [1.82, 2.24) is 13.7 Å². The number of anilines is 9. The average molecular weight is 1810 g/mol. The van der Waals surface area contributed by atoms with E-state index in [1.165, 1.54) is 5.56 Å². The van der Waals surface area contributed by atoms with E-state index in [9.17, 15) is 0 Å². The molecule has 15 heteroatoms. The van der Waals surface area contributed by atoms with Gasteiger partial charge in [-0.3, -0.25) is 13.7 Å². The summed E-state index contributed by atoms with van der Waals surface area (Å²) in [6, 6.07) is 152. The SMILES string of the molecule is c1ccc(-c2cccc(N(c3cc4c5c(c3)c3cccc6c3n5-c3c(cccc3O4)O6)c3cccc4oc5ccccc5c34)c2)cc1.c1ccc(-c2cccc(N(c3ccc4c(c3)oc3ccccc34)c3cc4c5c(c3)c3cccc6c3n5-c3c(cccc3O4)O6)c2)cc1.c1ccc(-c2cccc(N(c3ccc4oc5ccccc5c4c3)c3cc4c5c(c3)c3cccc6c3n5-c3c(cccc3O4)O6)c2)cc1. The molecule has 6 aliphatic rings. The summed E-state index contributed by atoms with van der Waals surface area (Å²) >= 11 is 0. The molecule has 0 saturated heterocycles. The van der Waals surface area contributed by atoms with Crippen molar-refractivity contribution in [2.45, 2.75) is 0 Å². The minimum atomic E-state index is 0.779. The molecule has 0 amide bonds. The van der Waals surface area contributed by atoms with E-state index in [0.29, 0.717) is 0 Å². The lowest BCUT2D eigenvalue weighted by molar-refractivity contribution is 0.443. The Labute approximate surface area is 803 Å². The Bertz CT molecular complexity index is 10100. The number of nitrogens with zero attached hydrogens (tertiary/aromatic N) is 6. The Hall–Kier alpha value is -19.4. The van der Waals surface area contributed by atoms with Gasteiger partial charge in [0, 0.05) is 112 Å². The molecule has 0 bridgehead atoms. The summed E-state index contributed by atoms with van der Waals surface area (Å²) < 4.78 is 65.3. The summed E-state index contributed by atoms with van der Waals surface area (Å²) in [7, 11) is 0. The molecule has 27 aromatic rings. The van der Waals surface area contributed by atoms with Crippen molar-refractivity contribution in [1.29, 1.82) is 0 Å². The molecule has 660 valence electrons. The molecule has 0 atom stereocenters. The Balaban J connectivity index is 0.0000000972. The predicted octanol–water partition coefficient (Wildman–Crippen LogP) is 36.1. The van der Waals surface area contributed by atoms with E-state index in [1.54, 1.807) is 0 Å². The first-order valence-electron chi connectivity index (χ1n) is 47.3. The average Bonchev–Trinajstić information content (AvgIpc) is 1.54. The van der Waals surface area contributed by atoms with Crippen molar-refractivity contribution in [3.05, 3.63) is 437 Å². The van der Waals surface area contributed by atoms with Gasteiger partial charge in [-0.1, -0.05) is 243 Å². The van der Waals surface area contributed by atoms with Crippen LogP contribution in [0, 0.1) is 0 Å². The van der Waals surface area contributed by atoms with Gasteiger partial charge in [-0.25, -0.2) is 0 Å². The molecule has 0 aliphatic carbocycles. The molecular weight excluding hydrogens is 1740 g/mol. The molecule has 0 spiro atoms. The zero-order chi connectivity index (χ0) is 91.9. The Morgan fingerprint density at radius 3 is 0.887 bits per heavy atom. The maximum Gasteiger partial charge on any atom is 0.155 e. The number of hydrogen-bond donors (Lipinski definition) is 0. The summed E-state index contributed by atoms with van der Waals surface area (Å²) in [5.74, 6) is 9.70. The minimum Gasteiger partial charge on any atom is -0.456 e. The fourth-order valence-corrected chi connectivity index (χ4v) is 22.6. The number of para-hydroxylation sites is 9. The molecule has 0 N–H and O–H groups in total.